The average Bonchev–Trinajstić information content (AvgIpc) is 3.19. The predicted octanol–water partition coefficient (Wildman–Crippen LogP) is 2.91. The normalized spacial score (nSPS) is 15.8. The summed E-state index contributed by atoms with van der Waals surface area (Å²) in [7, 11) is 1.74. The highest BCUT2D eigenvalue weighted by molar-refractivity contribution is 6.00. The van der Waals surface area contributed by atoms with Gasteiger partial charge in [-0.25, -0.2) is 0 Å². The summed E-state index contributed by atoms with van der Waals surface area (Å²) in [4.78, 5) is 13.8. The fourth-order valence-corrected chi connectivity index (χ4v) is 2.11. The summed E-state index contributed by atoms with van der Waals surface area (Å²) in [5.74, 6) is -0.0757. The highest BCUT2D eigenvalue weighted by atomic mass is 16.2. The summed E-state index contributed by atoms with van der Waals surface area (Å²) in [6, 6.07) is 10.2. The molecule has 0 spiro atoms. The van der Waals surface area contributed by atoms with Crippen LogP contribution in [0.3, 0.4) is 0 Å². The molecule has 1 aromatic rings. The summed E-state index contributed by atoms with van der Waals surface area (Å²) in [5, 5.41) is 9.04. The maximum Gasteiger partial charge on any atom is 0.247 e. The monoisotopic (exact) mass is 242 g/mol. The topological polar surface area (TPSA) is 44.1 Å². The second-order valence-electron chi connectivity index (χ2n) is 4.97. The van der Waals surface area contributed by atoms with Crippen LogP contribution in [0.4, 0.5) is 5.69 Å². The van der Waals surface area contributed by atoms with Gasteiger partial charge in [0.25, 0.3) is 0 Å². The van der Waals surface area contributed by atoms with E-state index in [2.05, 4.69) is 25.1 Å². The molecule has 0 aliphatic heterocycles. The second-order valence-corrected chi connectivity index (χ2v) is 4.97. The van der Waals surface area contributed by atoms with E-state index in [1.807, 2.05) is 12.1 Å². The van der Waals surface area contributed by atoms with Crippen molar-refractivity contribution in [1.82, 2.24) is 0 Å². The number of aryl methyl sites for hydroxylation is 1. The first kappa shape index (κ1) is 12.6. The van der Waals surface area contributed by atoms with Gasteiger partial charge in [-0.3, -0.25) is 4.79 Å². The van der Waals surface area contributed by atoms with Crippen LogP contribution in [0.5, 0.6) is 0 Å². The lowest BCUT2D eigenvalue weighted by atomic mass is 10.1. The van der Waals surface area contributed by atoms with E-state index in [1.54, 1.807) is 11.9 Å². The number of hydrogen-bond acceptors (Lipinski definition) is 2. The number of hydrogen-bond donors (Lipinski definition) is 0. The van der Waals surface area contributed by atoms with Crippen LogP contribution in [0.2, 0.25) is 0 Å². The molecule has 0 bridgehead atoms. The Morgan fingerprint density at radius 3 is 2.44 bits per heavy atom. The number of rotatable bonds is 4. The minimum atomic E-state index is -0.739. The smallest absolute Gasteiger partial charge is 0.247 e. The Kier molecular flexibility index (Phi) is 3.38. The number of nitriles is 1. The average molecular weight is 242 g/mol. The van der Waals surface area contributed by atoms with Crippen molar-refractivity contribution in [2.45, 2.75) is 32.6 Å². The van der Waals surface area contributed by atoms with E-state index >= 15 is 0 Å². The summed E-state index contributed by atoms with van der Waals surface area (Å²) in [6.45, 7) is 2.15. The van der Waals surface area contributed by atoms with Crippen molar-refractivity contribution in [3.63, 3.8) is 0 Å². The molecule has 3 heteroatoms. The van der Waals surface area contributed by atoms with E-state index in [-0.39, 0.29) is 5.91 Å². The molecule has 0 saturated heterocycles. The molecule has 18 heavy (non-hydrogen) atoms. The Balaban J connectivity index is 2.12. The quantitative estimate of drug-likeness (QED) is 0.814. The van der Waals surface area contributed by atoms with Crippen LogP contribution in [-0.4, -0.2) is 13.0 Å². The Labute approximate surface area is 108 Å². The molecule has 0 aromatic heterocycles. The Hall–Kier alpha value is -1.82. The van der Waals surface area contributed by atoms with E-state index < -0.39 is 5.41 Å². The first-order chi connectivity index (χ1) is 8.63. The lowest BCUT2D eigenvalue weighted by Gasteiger charge is -2.20. The molecule has 1 amide bonds. The molecule has 0 radical (unpaired) electrons. The van der Waals surface area contributed by atoms with E-state index in [0.717, 1.165) is 18.5 Å². The first-order valence-electron chi connectivity index (χ1n) is 6.41. The molecule has 1 aliphatic rings. The van der Waals surface area contributed by atoms with Gasteiger partial charge in [-0.05, 0) is 37.0 Å². The van der Waals surface area contributed by atoms with E-state index in [4.69, 9.17) is 5.26 Å². The van der Waals surface area contributed by atoms with Crippen LogP contribution in [0.25, 0.3) is 0 Å². The molecule has 0 unspecified atom stereocenters. The standard InChI is InChI=1S/C15H18N2O/c1-3-4-12-5-7-13(8-6-12)17(2)14(18)15(11-16)9-10-15/h5-8H,3-4,9-10H2,1-2H3. The zero-order valence-corrected chi connectivity index (χ0v) is 10.9. The highest BCUT2D eigenvalue weighted by Gasteiger charge is 2.52. The Morgan fingerprint density at radius 2 is 2.00 bits per heavy atom. The van der Waals surface area contributed by atoms with Gasteiger partial charge in [0.15, 0.2) is 0 Å². The van der Waals surface area contributed by atoms with Crippen molar-refractivity contribution in [3.8, 4) is 6.07 Å². The predicted molar refractivity (Wildman–Crippen MR) is 71.1 cm³/mol. The maximum absolute atomic E-state index is 12.2. The van der Waals surface area contributed by atoms with Gasteiger partial charge in [0, 0.05) is 12.7 Å². The lowest BCUT2D eigenvalue weighted by molar-refractivity contribution is -0.121. The number of amides is 1. The van der Waals surface area contributed by atoms with Crippen molar-refractivity contribution in [1.29, 1.82) is 5.26 Å². The van der Waals surface area contributed by atoms with Gasteiger partial charge in [-0.2, -0.15) is 5.26 Å². The number of nitrogens with zero attached hydrogens (tertiary/aromatic N) is 2. The summed E-state index contributed by atoms with van der Waals surface area (Å²) in [5.41, 5.74) is 1.40. The van der Waals surface area contributed by atoms with Gasteiger partial charge in [-0.15, -0.1) is 0 Å². The first-order valence-corrected chi connectivity index (χ1v) is 6.41. The third kappa shape index (κ3) is 2.24. The van der Waals surface area contributed by atoms with Crippen LogP contribution in [0, 0.1) is 16.7 Å². The molecular formula is C15H18N2O. The zero-order valence-electron chi connectivity index (χ0n) is 10.9. The van der Waals surface area contributed by atoms with Crippen molar-refractivity contribution in [2.75, 3.05) is 11.9 Å². The summed E-state index contributed by atoms with van der Waals surface area (Å²) in [6.07, 6.45) is 3.56. The van der Waals surface area contributed by atoms with Gasteiger partial charge in [0.1, 0.15) is 5.41 Å². The minimum Gasteiger partial charge on any atom is -0.314 e. The molecule has 0 N–H and O–H groups in total. The van der Waals surface area contributed by atoms with Crippen LogP contribution in [-0.2, 0) is 11.2 Å². The summed E-state index contributed by atoms with van der Waals surface area (Å²) < 4.78 is 0. The maximum atomic E-state index is 12.2. The molecule has 1 fully saturated rings. The number of carbonyl (C=O) groups excluding carboxylic acids is 1. The van der Waals surface area contributed by atoms with Gasteiger partial charge >= 0.3 is 0 Å². The fraction of sp³-hybridized carbons (Fsp3) is 0.467. The number of benzene rings is 1. The van der Waals surface area contributed by atoms with Gasteiger partial charge in [0.05, 0.1) is 6.07 Å². The second kappa shape index (κ2) is 4.81. The third-order valence-electron chi connectivity index (χ3n) is 3.54. The van der Waals surface area contributed by atoms with Gasteiger partial charge in [-0.1, -0.05) is 25.5 Å². The summed E-state index contributed by atoms with van der Waals surface area (Å²) >= 11 is 0. The van der Waals surface area contributed by atoms with E-state index in [0.29, 0.717) is 12.8 Å². The third-order valence-corrected chi connectivity index (χ3v) is 3.54. The van der Waals surface area contributed by atoms with Crippen molar-refractivity contribution in [2.24, 2.45) is 5.41 Å². The van der Waals surface area contributed by atoms with Crippen molar-refractivity contribution in [3.05, 3.63) is 29.8 Å². The number of carbonyl (C=O) groups is 1. The van der Waals surface area contributed by atoms with Crippen LogP contribution >= 0.6 is 0 Å². The Bertz CT molecular complexity index is 480. The molecule has 1 aromatic carbocycles. The largest absolute Gasteiger partial charge is 0.314 e. The highest BCUT2D eigenvalue weighted by Crippen LogP contribution is 2.46. The number of anilines is 1. The molecule has 0 atom stereocenters. The SMILES string of the molecule is CCCc1ccc(N(C)C(=O)C2(C#N)CC2)cc1. The zero-order chi connectivity index (χ0) is 13.2. The van der Waals surface area contributed by atoms with Crippen LogP contribution < -0.4 is 4.90 Å². The minimum absolute atomic E-state index is 0.0757. The molecule has 0 heterocycles. The Morgan fingerprint density at radius 1 is 1.39 bits per heavy atom. The van der Waals surface area contributed by atoms with E-state index in [1.165, 1.54) is 5.56 Å². The molecule has 3 nitrogen and oxygen atoms in total. The van der Waals surface area contributed by atoms with Crippen molar-refractivity contribution < 1.29 is 4.79 Å². The van der Waals surface area contributed by atoms with Gasteiger partial charge in [0.2, 0.25) is 5.91 Å². The molecule has 2 rings (SSSR count). The molecule has 94 valence electrons. The fourth-order valence-electron chi connectivity index (χ4n) is 2.11. The van der Waals surface area contributed by atoms with E-state index in [9.17, 15) is 4.79 Å². The van der Waals surface area contributed by atoms with Gasteiger partial charge < -0.3 is 4.90 Å². The lowest BCUT2D eigenvalue weighted by Crippen LogP contribution is -2.33. The van der Waals surface area contributed by atoms with Crippen LogP contribution in [0.1, 0.15) is 31.7 Å². The van der Waals surface area contributed by atoms with Crippen molar-refractivity contribution >= 4 is 11.6 Å². The van der Waals surface area contributed by atoms with Crippen LogP contribution in [0.15, 0.2) is 24.3 Å². The molecular weight excluding hydrogens is 224 g/mol. The molecule has 1 saturated carbocycles. The molecule has 1 aliphatic carbocycles.